The van der Waals surface area contributed by atoms with Crippen molar-refractivity contribution in [2.75, 3.05) is 11.9 Å². The van der Waals surface area contributed by atoms with Crippen LogP contribution in [-0.4, -0.2) is 22.7 Å². The molecule has 2 aromatic rings. The lowest BCUT2D eigenvalue weighted by molar-refractivity contribution is 0.126. The van der Waals surface area contributed by atoms with E-state index in [0.29, 0.717) is 12.5 Å². The van der Waals surface area contributed by atoms with Crippen molar-refractivity contribution in [2.24, 2.45) is 5.92 Å². The fourth-order valence-corrected chi connectivity index (χ4v) is 2.54. The number of hydrogen-bond donors (Lipinski definition) is 2. The average molecular weight is 250 g/mol. The Hall–Kier alpha value is -1.13. The Morgan fingerprint density at radius 1 is 1.47 bits per heavy atom. The molecule has 0 aliphatic rings. The molecule has 0 aromatic carbocycles. The minimum absolute atomic E-state index is 0.303. The quantitative estimate of drug-likeness (QED) is 0.857. The molecule has 0 fully saturated rings. The summed E-state index contributed by atoms with van der Waals surface area (Å²) < 4.78 is 1.16. The molecular weight excluding hydrogens is 232 g/mol. The van der Waals surface area contributed by atoms with Crippen LogP contribution in [0.3, 0.4) is 0 Å². The van der Waals surface area contributed by atoms with Gasteiger partial charge in [-0.25, -0.2) is 0 Å². The Morgan fingerprint density at radius 2 is 2.29 bits per heavy atom. The molecule has 2 heterocycles. The predicted molar refractivity (Wildman–Crippen MR) is 73.6 cm³/mol. The highest BCUT2D eigenvalue weighted by atomic mass is 32.1. The van der Waals surface area contributed by atoms with Crippen molar-refractivity contribution in [3.63, 3.8) is 0 Å². The lowest BCUT2D eigenvalue weighted by Crippen LogP contribution is -2.26. The number of fused-ring (bicyclic) bond motifs is 1. The summed E-state index contributed by atoms with van der Waals surface area (Å²) in [4.78, 5) is 4.29. The van der Waals surface area contributed by atoms with Crippen molar-refractivity contribution in [1.29, 1.82) is 0 Å². The normalized spacial score (nSPS) is 14.8. The van der Waals surface area contributed by atoms with Crippen LogP contribution in [-0.2, 0) is 0 Å². The van der Waals surface area contributed by atoms with Crippen molar-refractivity contribution in [1.82, 2.24) is 4.98 Å². The molecule has 0 aliphatic carbocycles. The molecule has 0 radical (unpaired) electrons. The number of anilines is 1. The molecule has 0 aliphatic heterocycles. The van der Waals surface area contributed by atoms with Crippen molar-refractivity contribution in [3.05, 3.63) is 23.7 Å². The van der Waals surface area contributed by atoms with Crippen LogP contribution in [0.5, 0.6) is 0 Å². The Kier molecular flexibility index (Phi) is 3.97. The molecule has 2 atom stereocenters. The molecule has 0 spiro atoms. The second-order valence-corrected chi connectivity index (χ2v) is 5.24. The van der Waals surface area contributed by atoms with E-state index in [2.05, 4.69) is 24.1 Å². The molecule has 0 saturated carbocycles. The number of rotatable bonds is 5. The Balaban J connectivity index is 2.06. The topological polar surface area (TPSA) is 45.1 Å². The molecule has 0 saturated heterocycles. The van der Waals surface area contributed by atoms with E-state index in [4.69, 9.17) is 0 Å². The number of nitrogens with one attached hydrogen (secondary N) is 1. The van der Waals surface area contributed by atoms with Gasteiger partial charge in [-0.1, -0.05) is 20.3 Å². The number of thiophene rings is 1. The minimum atomic E-state index is -0.303. The summed E-state index contributed by atoms with van der Waals surface area (Å²) in [6.45, 7) is 4.75. The van der Waals surface area contributed by atoms with Gasteiger partial charge in [0.2, 0.25) is 0 Å². The van der Waals surface area contributed by atoms with Crippen molar-refractivity contribution in [3.8, 4) is 0 Å². The van der Waals surface area contributed by atoms with Gasteiger partial charge >= 0.3 is 0 Å². The number of nitrogens with zero attached hydrogens (tertiary/aromatic N) is 1. The van der Waals surface area contributed by atoms with Gasteiger partial charge in [-0.15, -0.1) is 11.3 Å². The first-order chi connectivity index (χ1) is 8.22. The monoisotopic (exact) mass is 250 g/mol. The number of aliphatic hydroxyl groups is 1. The van der Waals surface area contributed by atoms with Crippen LogP contribution in [0.1, 0.15) is 20.3 Å². The average Bonchev–Trinajstić information content (AvgIpc) is 2.83. The first-order valence-electron chi connectivity index (χ1n) is 5.96. The first kappa shape index (κ1) is 12.3. The van der Waals surface area contributed by atoms with Crippen LogP contribution in [0.15, 0.2) is 23.7 Å². The van der Waals surface area contributed by atoms with Crippen LogP contribution in [0.4, 0.5) is 5.69 Å². The Bertz CT molecular complexity index is 483. The molecular formula is C13H18N2OS. The second kappa shape index (κ2) is 5.47. The summed E-state index contributed by atoms with van der Waals surface area (Å²) in [6.07, 6.45) is 2.49. The fourth-order valence-electron chi connectivity index (χ4n) is 1.70. The van der Waals surface area contributed by atoms with E-state index in [-0.39, 0.29) is 6.10 Å². The van der Waals surface area contributed by atoms with Gasteiger partial charge in [0.1, 0.15) is 0 Å². The third kappa shape index (κ3) is 2.76. The summed E-state index contributed by atoms with van der Waals surface area (Å²) in [5.74, 6) is 0.322. The Labute approximate surface area is 106 Å². The predicted octanol–water partition coefficient (Wildman–Crippen LogP) is 3.12. The van der Waals surface area contributed by atoms with E-state index in [1.807, 2.05) is 17.5 Å². The van der Waals surface area contributed by atoms with Crippen molar-refractivity contribution in [2.45, 2.75) is 26.4 Å². The van der Waals surface area contributed by atoms with E-state index < -0.39 is 0 Å². The number of aromatic nitrogens is 1. The molecule has 2 rings (SSSR count). The highest BCUT2D eigenvalue weighted by molar-refractivity contribution is 7.17. The highest BCUT2D eigenvalue weighted by Crippen LogP contribution is 2.26. The minimum Gasteiger partial charge on any atom is -0.391 e. The molecule has 3 nitrogen and oxygen atoms in total. The highest BCUT2D eigenvalue weighted by Gasteiger charge is 2.12. The summed E-state index contributed by atoms with van der Waals surface area (Å²) >= 11 is 1.67. The molecule has 92 valence electrons. The smallest absolute Gasteiger partial charge is 0.0830 e. The zero-order chi connectivity index (χ0) is 12.3. The van der Waals surface area contributed by atoms with Gasteiger partial charge in [-0.2, -0.15) is 0 Å². The van der Waals surface area contributed by atoms with Crippen LogP contribution < -0.4 is 5.32 Å². The van der Waals surface area contributed by atoms with Gasteiger partial charge in [-0.3, -0.25) is 4.98 Å². The van der Waals surface area contributed by atoms with Gasteiger partial charge in [0.25, 0.3) is 0 Å². The lowest BCUT2D eigenvalue weighted by Gasteiger charge is -2.18. The molecule has 2 N–H and O–H groups in total. The van der Waals surface area contributed by atoms with Crippen LogP contribution >= 0.6 is 11.3 Å². The van der Waals surface area contributed by atoms with Crippen LogP contribution in [0, 0.1) is 5.92 Å². The van der Waals surface area contributed by atoms with Gasteiger partial charge in [0.15, 0.2) is 0 Å². The van der Waals surface area contributed by atoms with Gasteiger partial charge < -0.3 is 10.4 Å². The molecule has 2 aromatic heterocycles. The second-order valence-electron chi connectivity index (χ2n) is 4.33. The van der Waals surface area contributed by atoms with E-state index in [9.17, 15) is 5.11 Å². The zero-order valence-corrected chi connectivity index (χ0v) is 11.0. The number of aliphatic hydroxyl groups excluding tert-OH is 1. The first-order valence-corrected chi connectivity index (χ1v) is 6.84. The maximum absolute atomic E-state index is 9.93. The molecule has 2 unspecified atom stereocenters. The van der Waals surface area contributed by atoms with Crippen molar-refractivity contribution >= 4 is 27.2 Å². The van der Waals surface area contributed by atoms with E-state index in [1.165, 1.54) is 0 Å². The van der Waals surface area contributed by atoms with E-state index in [0.717, 1.165) is 22.3 Å². The maximum atomic E-state index is 9.93. The standard InChI is InChI=1S/C13H18N2OS/c1-3-9(2)12(16)8-15-10-4-6-14-11-5-7-17-13(10)11/h4-7,9,12,16H,3,8H2,1-2H3,(H,14,15). The van der Waals surface area contributed by atoms with E-state index in [1.54, 1.807) is 17.5 Å². The zero-order valence-electron chi connectivity index (χ0n) is 10.2. The third-order valence-corrected chi connectivity index (χ3v) is 4.08. The lowest BCUT2D eigenvalue weighted by atomic mass is 10.0. The summed E-state index contributed by atoms with van der Waals surface area (Å²) in [6, 6.07) is 3.97. The summed E-state index contributed by atoms with van der Waals surface area (Å²) in [5.41, 5.74) is 2.07. The van der Waals surface area contributed by atoms with E-state index >= 15 is 0 Å². The third-order valence-electron chi connectivity index (χ3n) is 3.15. The number of pyridine rings is 1. The number of hydrogen-bond acceptors (Lipinski definition) is 4. The summed E-state index contributed by atoms with van der Waals surface area (Å²) in [7, 11) is 0. The molecule has 17 heavy (non-hydrogen) atoms. The molecule has 0 bridgehead atoms. The van der Waals surface area contributed by atoms with Gasteiger partial charge in [0, 0.05) is 12.7 Å². The van der Waals surface area contributed by atoms with Gasteiger partial charge in [0.05, 0.1) is 22.0 Å². The van der Waals surface area contributed by atoms with Gasteiger partial charge in [-0.05, 0) is 23.4 Å². The fraction of sp³-hybridized carbons (Fsp3) is 0.462. The Morgan fingerprint density at radius 3 is 3.06 bits per heavy atom. The van der Waals surface area contributed by atoms with Crippen LogP contribution in [0.2, 0.25) is 0 Å². The molecule has 4 heteroatoms. The maximum Gasteiger partial charge on any atom is 0.0830 e. The molecule has 0 amide bonds. The van der Waals surface area contributed by atoms with Crippen LogP contribution in [0.25, 0.3) is 10.2 Å². The largest absolute Gasteiger partial charge is 0.391 e. The van der Waals surface area contributed by atoms with Crippen molar-refractivity contribution < 1.29 is 5.11 Å². The SMILES string of the molecule is CCC(C)C(O)CNc1ccnc2ccsc12. The summed E-state index contributed by atoms with van der Waals surface area (Å²) in [5, 5.41) is 15.3.